The summed E-state index contributed by atoms with van der Waals surface area (Å²) in [5.41, 5.74) is 2.55. The third-order valence-corrected chi connectivity index (χ3v) is 3.66. The number of carboxylic acid groups (broad SMARTS) is 1. The molecule has 1 aliphatic rings. The van der Waals surface area contributed by atoms with Crippen molar-refractivity contribution in [3.05, 3.63) is 53.3 Å². The van der Waals surface area contributed by atoms with Crippen LogP contribution in [-0.4, -0.2) is 38.2 Å². The SMILES string of the molecule is O=C(O)c1cnn(CC(=O)N2CCc3ccccc3C2)c1. The van der Waals surface area contributed by atoms with Gasteiger partial charge in [-0.05, 0) is 17.5 Å². The molecule has 1 N–H and O–H groups in total. The van der Waals surface area contributed by atoms with Crippen molar-refractivity contribution >= 4 is 11.9 Å². The number of nitrogens with zero attached hydrogens (tertiary/aromatic N) is 3. The standard InChI is InChI=1S/C15H15N3O3/c19-14(10-18-9-13(7-16-18)15(20)21)17-6-5-11-3-1-2-4-12(11)8-17/h1-4,7,9H,5-6,8,10H2,(H,20,21). The Morgan fingerprint density at radius 1 is 1.24 bits per heavy atom. The lowest BCUT2D eigenvalue weighted by molar-refractivity contribution is -0.133. The van der Waals surface area contributed by atoms with Crippen molar-refractivity contribution in [3.63, 3.8) is 0 Å². The normalized spacial score (nSPS) is 13.8. The predicted molar refractivity (Wildman–Crippen MR) is 74.7 cm³/mol. The molecule has 0 spiro atoms. The highest BCUT2D eigenvalue weighted by atomic mass is 16.4. The summed E-state index contributed by atoms with van der Waals surface area (Å²) < 4.78 is 1.37. The van der Waals surface area contributed by atoms with Gasteiger partial charge in [0.15, 0.2) is 0 Å². The van der Waals surface area contributed by atoms with E-state index in [-0.39, 0.29) is 18.0 Å². The molecular formula is C15H15N3O3. The summed E-state index contributed by atoms with van der Waals surface area (Å²) in [5.74, 6) is -1.09. The molecule has 0 atom stereocenters. The minimum Gasteiger partial charge on any atom is -0.478 e. The van der Waals surface area contributed by atoms with Crippen molar-refractivity contribution in [1.82, 2.24) is 14.7 Å². The molecule has 0 radical (unpaired) electrons. The van der Waals surface area contributed by atoms with Crippen molar-refractivity contribution in [2.75, 3.05) is 6.54 Å². The van der Waals surface area contributed by atoms with Gasteiger partial charge in [-0.3, -0.25) is 9.48 Å². The second-order valence-electron chi connectivity index (χ2n) is 5.07. The van der Waals surface area contributed by atoms with Crippen LogP contribution in [0.4, 0.5) is 0 Å². The first-order valence-corrected chi connectivity index (χ1v) is 6.74. The van der Waals surface area contributed by atoms with Crippen molar-refractivity contribution in [1.29, 1.82) is 0 Å². The summed E-state index contributed by atoms with van der Waals surface area (Å²) in [6, 6.07) is 8.10. The van der Waals surface area contributed by atoms with Gasteiger partial charge in [-0.25, -0.2) is 4.79 Å². The topological polar surface area (TPSA) is 75.4 Å². The van der Waals surface area contributed by atoms with Gasteiger partial charge in [0.1, 0.15) is 6.54 Å². The summed E-state index contributed by atoms with van der Waals surface area (Å²) >= 11 is 0. The highest BCUT2D eigenvalue weighted by Gasteiger charge is 2.20. The third kappa shape index (κ3) is 2.79. The van der Waals surface area contributed by atoms with E-state index in [0.717, 1.165) is 6.42 Å². The highest BCUT2D eigenvalue weighted by Crippen LogP contribution is 2.18. The minimum absolute atomic E-state index is 0.0514. The van der Waals surface area contributed by atoms with E-state index in [2.05, 4.69) is 11.2 Å². The molecule has 6 heteroatoms. The van der Waals surface area contributed by atoms with Crippen LogP contribution < -0.4 is 0 Å². The van der Waals surface area contributed by atoms with Crippen LogP contribution in [0.3, 0.4) is 0 Å². The van der Waals surface area contributed by atoms with Gasteiger partial charge in [0.2, 0.25) is 5.91 Å². The number of hydrogen-bond donors (Lipinski definition) is 1. The Morgan fingerprint density at radius 3 is 2.71 bits per heavy atom. The molecule has 0 unspecified atom stereocenters. The minimum atomic E-state index is -1.04. The molecule has 1 aromatic carbocycles. The van der Waals surface area contributed by atoms with Gasteiger partial charge in [0.25, 0.3) is 0 Å². The number of hydrogen-bond acceptors (Lipinski definition) is 3. The van der Waals surface area contributed by atoms with E-state index in [1.54, 1.807) is 4.90 Å². The lowest BCUT2D eigenvalue weighted by Gasteiger charge is -2.28. The molecule has 1 aromatic heterocycles. The smallest absolute Gasteiger partial charge is 0.338 e. The van der Waals surface area contributed by atoms with Crippen molar-refractivity contribution in [3.8, 4) is 0 Å². The first kappa shape index (κ1) is 13.4. The molecule has 6 nitrogen and oxygen atoms in total. The van der Waals surface area contributed by atoms with Crippen molar-refractivity contribution in [2.24, 2.45) is 0 Å². The maximum absolute atomic E-state index is 12.3. The van der Waals surface area contributed by atoms with E-state index < -0.39 is 5.97 Å². The predicted octanol–water partition coefficient (Wildman–Crippen LogP) is 1.17. The van der Waals surface area contributed by atoms with Crippen molar-refractivity contribution in [2.45, 2.75) is 19.5 Å². The Labute approximate surface area is 121 Å². The summed E-state index contributed by atoms with van der Waals surface area (Å²) in [7, 11) is 0. The van der Waals surface area contributed by atoms with Gasteiger partial charge in [-0.2, -0.15) is 5.10 Å². The molecule has 0 fully saturated rings. The number of carbonyl (C=O) groups is 2. The third-order valence-electron chi connectivity index (χ3n) is 3.66. The molecule has 2 heterocycles. The Bertz CT molecular complexity index is 693. The zero-order chi connectivity index (χ0) is 14.8. The van der Waals surface area contributed by atoms with Crippen LogP contribution in [0.25, 0.3) is 0 Å². The molecule has 108 valence electrons. The molecule has 1 amide bonds. The monoisotopic (exact) mass is 285 g/mol. The van der Waals surface area contributed by atoms with E-state index in [1.165, 1.54) is 28.2 Å². The first-order valence-electron chi connectivity index (χ1n) is 6.74. The van der Waals surface area contributed by atoms with E-state index in [0.29, 0.717) is 13.1 Å². The molecule has 3 rings (SSSR count). The maximum atomic E-state index is 12.3. The summed E-state index contributed by atoms with van der Waals surface area (Å²) in [6.45, 7) is 1.35. The number of carbonyl (C=O) groups excluding carboxylic acids is 1. The fourth-order valence-electron chi connectivity index (χ4n) is 2.51. The van der Waals surface area contributed by atoms with Crippen LogP contribution >= 0.6 is 0 Å². The van der Waals surface area contributed by atoms with Gasteiger partial charge in [-0.15, -0.1) is 0 Å². The second-order valence-corrected chi connectivity index (χ2v) is 5.07. The Hall–Kier alpha value is -2.63. The van der Waals surface area contributed by atoms with Gasteiger partial charge >= 0.3 is 5.97 Å². The number of aromatic carboxylic acids is 1. The first-order chi connectivity index (χ1) is 10.1. The van der Waals surface area contributed by atoms with E-state index >= 15 is 0 Å². The van der Waals surface area contributed by atoms with E-state index in [1.807, 2.05) is 18.2 Å². The van der Waals surface area contributed by atoms with Gasteiger partial charge in [0.05, 0.1) is 11.8 Å². The summed E-state index contributed by atoms with van der Waals surface area (Å²) in [5, 5.41) is 12.7. The molecule has 1 aliphatic heterocycles. The molecule has 2 aromatic rings. The van der Waals surface area contributed by atoms with Crippen molar-refractivity contribution < 1.29 is 14.7 Å². The molecule has 21 heavy (non-hydrogen) atoms. The second kappa shape index (κ2) is 5.40. The lowest BCUT2D eigenvalue weighted by Crippen LogP contribution is -2.38. The molecular weight excluding hydrogens is 270 g/mol. The average Bonchev–Trinajstić information content (AvgIpc) is 2.95. The number of rotatable bonds is 3. The molecule has 0 bridgehead atoms. The van der Waals surface area contributed by atoms with Crippen LogP contribution in [0.1, 0.15) is 21.5 Å². The highest BCUT2D eigenvalue weighted by molar-refractivity contribution is 5.87. The lowest BCUT2D eigenvalue weighted by atomic mass is 10.00. The number of amides is 1. The average molecular weight is 285 g/mol. The summed E-state index contributed by atoms with van der Waals surface area (Å²) in [6.07, 6.45) is 3.47. The fourth-order valence-corrected chi connectivity index (χ4v) is 2.51. The Kier molecular flexibility index (Phi) is 3.43. The Balaban J connectivity index is 1.67. The number of benzene rings is 1. The maximum Gasteiger partial charge on any atom is 0.338 e. The van der Waals surface area contributed by atoms with Crippen LogP contribution in [0, 0.1) is 0 Å². The van der Waals surface area contributed by atoms with E-state index in [9.17, 15) is 9.59 Å². The Morgan fingerprint density at radius 2 is 2.00 bits per heavy atom. The number of aromatic nitrogens is 2. The largest absolute Gasteiger partial charge is 0.478 e. The quantitative estimate of drug-likeness (QED) is 0.918. The van der Waals surface area contributed by atoms with Crippen LogP contribution in [-0.2, 0) is 24.3 Å². The van der Waals surface area contributed by atoms with E-state index in [4.69, 9.17) is 5.11 Å². The van der Waals surface area contributed by atoms with Crippen LogP contribution in [0.2, 0.25) is 0 Å². The van der Waals surface area contributed by atoms with Gasteiger partial charge in [-0.1, -0.05) is 24.3 Å². The van der Waals surface area contributed by atoms with Crippen LogP contribution in [0.15, 0.2) is 36.7 Å². The summed E-state index contributed by atoms with van der Waals surface area (Å²) in [4.78, 5) is 24.8. The number of carboxylic acids is 1. The van der Waals surface area contributed by atoms with Crippen LogP contribution in [0.5, 0.6) is 0 Å². The molecule has 0 aliphatic carbocycles. The molecule has 0 saturated heterocycles. The molecule has 0 saturated carbocycles. The van der Waals surface area contributed by atoms with Gasteiger partial charge in [0, 0.05) is 19.3 Å². The zero-order valence-electron chi connectivity index (χ0n) is 11.4. The fraction of sp³-hybridized carbons (Fsp3) is 0.267. The number of fused-ring (bicyclic) bond motifs is 1. The van der Waals surface area contributed by atoms with Gasteiger partial charge < -0.3 is 10.0 Å². The zero-order valence-corrected chi connectivity index (χ0v) is 11.4.